The lowest BCUT2D eigenvalue weighted by molar-refractivity contribution is -0.127. The van der Waals surface area contributed by atoms with E-state index in [1.807, 2.05) is 16.7 Å². The molecule has 0 aromatic rings. The summed E-state index contributed by atoms with van der Waals surface area (Å²) in [5.41, 5.74) is 0. The summed E-state index contributed by atoms with van der Waals surface area (Å²) in [6.45, 7) is 1.78. The highest BCUT2D eigenvalue weighted by atomic mass is 35.5. The molecule has 13 heavy (non-hydrogen) atoms. The van der Waals surface area contributed by atoms with Crippen LogP contribution in [0.5, 0.6) is 0 Å². The molecule has 0 spiro atoms. The Bertz CT molecular complexity index is 177. The first-order chi connectivity index (χ1) is 6.27. The first kappa shape index (κ1) is 11.2. The molecule has 1 heterocycles. The van der Waals surface area contributed by atoms with Gasteiger partial charge in [-0.05, 0) is 24.3 Å². The maximum Gasteiger partial charge on any atom is 0.222 e. The highest BCUT2D eigenvalue weighted by Gasteiger charge is 2.27. The standard InChI is InChI=1S/C9H16ClNOS/c1-13-4-2-3-11-7-8(6-10)5-9(11)12/h8H,2-7H2,1H3. The van der Waals surface area contributed by atoms with Crippen LogP contribution >= 0.6 is 23.4 Å². The Labute approximate surface area is 89.0 Å². The van der Waals surface area contributed by atoms with Gasteiger partial charge in [-0.25, -0.2) is 0 Å². The monoisotopic (exact) mass is 221 g/mol. The molecule has 1 amide bonds. The average Bonchev–Trinajstić information content (AvgIpc) is 2.48. The summed E-state index contributed by atoms with van der Waals surface area (Å²) in [6, 6.07) is 0. The molecule has 1 saturated heterocycles. The zero-order valence-electron chi connectivity index (χ0n) is 7.96. The molecule has 76 valence electrons. The van der Waals surface area contributed by atoms with Gasteiger partial charge in [-0.3, -0.25) is 4.79 Å². The van der Waals surface area contributed by atoms with Gasteiger partial charge in [0.1, 0.15) is 0 Å². The molecule has 1 aliphatic rings. The first-order valence-corrected chi connectivity index (χ1v) is 6.53. The minimum absolute atomic E-state index is 0.284. The normalized spacial score (nSPS) is 22.8. The van der Waals surface area contributed by atoms with Crippen LogP contribution in [0, 0.1) is 5.92 Å². The van der Waals surface area contributed by atoms with Crippen molar-refractivity contribution >= 4 is 29.3 Å². The molecular formula is C9H16ClNOS. The smallest absolute Gasteiger partial charge is 0.222 e. The molecule has 1 unspecified atom stereocenters. The summed E-state index contributed by atoms with van der Waals surface area (Å²) in [5, 5.41) is 0. The number of carbonyl (C=O) groups excluding carboxylic acids is 1. The lowest BCUT2D eigenvalue weighted by Crippen LogP contribution is -2.26. The van der Waals surface area contributed by atoms with Crippen LogP contribution in [0.1, 0.15) is 12.8 Å². The lowest BCUT2D eigenvalue weighted by Gasteiger charge is -2.15. The molecule has 0 saturated carbocycles. The van der Waals surface area contributed by atoms with E-state index in [0.29, 0.717) is 18.2 Å². The van der Waals surface area contributed by atoms with Gasteiger partial charge in [-0.1, -0.05) is 0 Å². The number of carbonyl (C=O) groups is 1. The van der Waals surface area contributed by atoms with Gasteiger partial charge in [-0.15, -0.1) is 11.6 Å². The van der Waals surface area contributed by atoms with Crippen molar-refractivity contribution in [2.24, 2.45) is 5.92 Å². The molecule has 0 radical (unpaired) electrons. The van der Waals surface area contributed by atoms with Crippen molar-refractivity contribution < 1.29 is 4.79 Å². The van der Waals surface area contributed by atoms with Gasteiger partial charge in [0, 0.05) is 25.4 Å². The summed E-state index contributed by atoms with van der Waals surface area (Å²) >= 11 is 7.55. The molecule has 1 fully saturated rings. The fourth-order valence-corrected chi connectivity index (χ4v) is 2.20. The molecule has 0 aliphatic carbocycles. The second-order valence-corrected chi connectivity index (χ2v) is 4.70. The van der Waals surface area contributed by atoms with Crippen LogP contribution in [0.25, 0.3) is 0 Å². The number of halogens is 1. The van der Waals surface area contributed by atoms with Gasteiger partial charge in [-0.2, -0.15) is 11.8 Å². The molecule has 2 nitrogen and oxygen atoms in total. The van der Waals surface area contributed by atoms with Crippen LogP contribution in [-0.4, -0.2) is 41.8 Å². The molecule has 0 aromatic carbocycles. The summed E-state index contributed by atoms with van der Waals surface area (Å²) < 4.78 is 0. The van der Waals surface area contributed by atoms with Crippen LogP contribution in [0.15, 0.2) is 0 Å². The van der Waals surface area contributed by atoms with Gasteiger partial charge in [0.25, 0.3) is 0 Å². The zero-order chi connectivity index (χ0) is 9.68. The largest absolute Gasteiger partial charge is 0.342 e. The molecule has 0 N–H and O–H groups in total. The van der Waals surface area contributed by atoms with E-state index < -0.39 is 0 Å². The second kappa shape index (κ2) is 5.76. The number of nitrogens with zero attached hydrogens (tertiary/aromatic N) is 1. The second-order valence-electron chi connectivity index (χ2n) is 3.41. The highest BCUT2D eigenvalue weighted by molar-refractivity contribution is 7.98. The summed E-state index contributed by atoms with van der Waals surface area (Å²) in [4.78, 5) is 13.3. The first-order valence-electron chi connectivity index (χ1n) is 4.60. The van der Waals surface area contributed by atoms with E-state index in [0.717, 1.165) is 25.3 Å². The number of alkyl halides is 1. The number of rotatable bonds is 5. The summed E-state index contributed by atoms with van der Waals surface area (Å²) in [6.07, 6.45) is 3.85. The Morgan fingerprint density at radius 2 is 2.46 bits per heavy atom. The lowest BCUT2D eigenvalue weighted by atomic mass is 10.1. The molecule has 1 atom stereocenters. The molecule has 4 heteroatoms. The van der Waals surface area contributed by atoms with Crippen molar-refractivity contribution in [3.8, 4) is 0 Å². The topological polar surface area (TPSA) is 20.3 Å². The fourth-order valence-electron chi connectivity index (χ4n) is 1.57. The van der Waals surface area contributed by atoms with Crippen molar-refractivity contribution in [2.75, 3.05) is 31.0 Å². The minimum atomic E-state index is 0.284. The van der Waals surface area contributed by atoms with Crippen molar-refractivity contribution in [3.05, 3.63) is 0 Å². The molecule has 0 aromatic heterocycles. The summed E-state index contributed by atoms with van der Waals surface area (Å²) in [7, 11) is 0. The average molecular weight is 222 g/mol. The third-order valence-corrected chi connectivity index (χ3v) is 3.42. The SMILES string of the molecule is CSCCCN1CC(CCl)CC1=O. The molecular weight excluding hydrogens is 206 g/mol. The maximum absolute atomic E-state index is 11.4. The van der Waals surface area contributed by atoms with Crippen LogP contribution in [-0.2, 0) is 4.79 Å². The van der Waals surface area contributed by atoms with Crippen LogP contribution in [0.4, 0.5) is 0 Å². The predicted molar refractivity (Wildman–Crippen MR) is 58.4 cm³/mol. The number of hydrogen-bond acceptors (Lipinski definition) is 2. The third-order valence-electron chi connectivity index (χ3n) is 2.29. The van der Waals surface area contributed by atoms with E-state index in [2.05, 4.69) is 6.26 Å². The van der Waals surface area contributed by atoms with Crippen molar-refractivity contribution in [1.82, 2.24) is 4.90 Å². The van der Waals surface area contributed by atoms with Crippen LogP contribution < -0.4 is 0 Å². The maximum atomic E-state index is 11.4. The van der Waals surface area contributed by atoms with E-state index in [4.69, 9.17) is 11.6 Å². The number of hydrogen-bond donors (Lipinski definition) is 0. The Hall–Kier alpha value is 0.110. The number of thioether (sulfide) groups is 1. The van der Waals surface area contributed by atoms with Crippen LogP contribution in [0.2, 0.25) is 0 Å². The van der Waals surface area contributed by atoms with Crippen LogP contribution in [0.3, 0.4) is 0 Å². The Morgan fingerprint density at radius 1 is 1.69 bits per heavy atom. The van der Waals surface area contributed by atoms with E-state index in [9.17, 15) is 4.79 Å². The van der Waals surface area contributed by atoms with Crippen molar-refractivity contribution in [1.29, 1.82) is 0 Å². The summed E-state index contributed by atoms with van der Waals surface area (Å²) in [5.74, 6) is 2.43. The fraction of sp³-hybridized carbons (Fsp3) is 0.889. The van der Waals surface area contributed by atoms with Gasteiger partial charge in [0.15, 0.2) is 0 Å². The van der Waals surface area contributed by atoms with E-state index in [1.54, 1.807) is 0 Å². The minimum Gasteiger partial charge on any atom is -0.342 e. The van der Waals surface area contributed by atoms with Gasteiger partial charge < -0.3 is 4.90 Å². The molecule has 1 aliphatic heterocycles. The van der Waals surface area contributed by atoms with Gasteiger partial charge in [0.05, 0.1) is 0 Å². The predicted octanol–water partition coefficient (Wildman–Crippen LogP) is 1.83. The van der Waals surface area contributed by atoms with Gasteiger partial charge in [0.2, 0.25) is 5.91 Å². The van der Waals surface area contributed by atoms with Crippen molar-refractivity contribution in [3.63, 3.8) is 0 Å². The Kier molecular flexibility index (Phi) is 4.96. The van der Waals surface area contributed by atoms with Gasteiger partial charge >= 0.3 is 0 Å². The zero-order valence-corrected chi connectivity index (χ0v) is 9.53. The quantitative estimate of drug-likeness (QED) is 0.522. The molecule has 0 bridgehead atoms. The number of amides is 1. The van der Waals surface area contributed by atoms with E-state index >= 15 is 0 Å². The van der Waals surface area contributed by atoms with E-state index in [1.165, 1.54) is 0 Å². The van der Waals surface area contributed by atoms with E-state index in [-0.39, 0.29) is 5.91 Å². The Morgan fingerprint density at radius 3 is 3.00 bits per heavy atom. The third kappa shape index (κ3) is 3.39. The number of likely N-dealkylation sites (tertiary alicyclic amines) is 1. The Balaban J connectivity index is 2.23. The molecule has 1 rings (SSSR count). The highest BCUT2D eigenvalue weighted by Crippen LogP contribution is 2.19. The van der Waals surface area contributed by atoms with Crippen molar-refractivity contribution in [2.45, 2.75) is 12.8 Å².